The average Bonchev–Trinajstić information content (AvgIpc) is 2.40. The lowest BCUT2D eigenvalue weighted by Gasteiger charge is -2.26. The van der Waals surface area contributed by atoms with E-state index >= 15 is 0 Å². The summed E-state index contributed by atoms with van der Waals surface area (Å²) in [7, 11) is 3.09. The van der Waals surface area contributed by atoms with Gasteiger partial charge in [0.05, 0.1) is 6.04 Å². The molecular formula is C11H20BNO2. The zero-order valence-electron chi connectivity index (χ0n) is 9.95. The zero-order valence-corrected chi connectivity index (χ0v) is 9.95. The fourth-order valence-corrected chi connectivity index (χ4v) is 2.77. The largest absolute Gasteiger partial charge is 0.444 e. The Balaban J connectivity index is 2.08. The predicted molar refractivity (Wildman–Crippen MR) is 61.7 cm³/mol. The first-order valence-corrected chi connectivity index (χ1v) is 5.99. The molecule has 2 fully saturated rings. The summed E-state index contributed by atoms with van der Waals surface area (Å²) in [6.07, 6.45) is 4.54. The number of carbonyl (C=O) groups excluding carboxylic acids is 1. The fraction of sp³-hybridized carbons (Fsp3) is 0.909. The zero-order chi connectivity index (χ0) is 11.1. The van der Waals surface area contributed by atoms with Gasteiger partial charge in [0.2, 0.25) is 0 Å². The van der Waals surface area contributed by atoms with Crippen molar-refractivity contribution in [2.75, 3.05) is 7.05 Å². The van der Waals surface area contributed by atoms with E-state index in [1.54, 1.807) is 4.90 Å². The molecule has 0 aromatic heterocycles. The smallest absolute Gasteiger partial charge is 0.410 e. The Kier molecular flexibility index (Phi) is 2.69. The van der Waals surface area contributed by atoms with Crippen molar-refractivity contribution >= 4 is 13.4 Å². The maximum absolute atomic E-state index is 11.4. The quantitative estimate of drug-likeness (QED) is 0.618. The summed E-state index contributed by atoms with van der Waals surface area (Å²) in [5.41, 5.74) is 0. The van der Waals surface area contributed by atoms with E-state index in [0.717, 1.165) is 12.8 Å². The molecule has 84 valence electrons. The Morgan fingerprint density at radius 3 is 2.80 bits per heavy atom. The van der Waals surface area contributed by atoms with Crippen molar-refractivity contribution in [2.24, 2.45) is 0 Å². The summed E-state index contributed by atoms with van der Waals surface area (Å²) >= 11 is 0. The maximum Gasteiger partial charge on any atom is 0.410 e. The van der Waals surface area contributed by atoms with Crippen molar-refractivity contribution in [2.45, 2.75) is 56.9 Å². The molecule has 0 aromatic carbocycles. The van der Waals surface area contributed by atoms with Crippen LogP contribution in [0.2, 0.25) is 12.1 Å². The van der Waals surface area contributed by atoms with Gasteiger partial charge in [-0.05, 0) is 12.8 Å². The number of fused-ring (bicyclic) bond motifs is 1. The lowest BCUT2D eigenvalue weighted by Crippen LogP contribution is -2.32. The van der Waals surface area contributed by atoms with Crippen LogP contribution in [0.25, 0.3) is 0 Å². The van der Waals surface area contributed by atoms with E-state index in [2.05, 4.69) is 13.7 Å². The second-order valence-corrected chi connectivity index (χ2v) is 5.34. The van der Waals surface area contributed by atoms with Crippen LogP contribution in [0.15, 0.2) is 0 Å². The maximum atomic E-state index is 11.4. The van der Waals surface area contributed by atoms with Crippen molar-refractivity contribution in [3.05, 3.63) is 0 Å². The van der Waals surface area contributed by atoms with Crippen LogP contribution >= 0.6 is 0 Å². The first kappa shape index (κ1) is 10.8. The Hall–Kier alpha value is -0.665. The van der Waals surface area contributed by atoms with Gasteiger partial charge in [0.15, 0.2) is 0 Å². The van der Waals surface area contributed by atoms with E-state index in [0.29, 0.717) is 11.4 Å². The summed E-state index contributed by atoms with van der Waals surface area (Å²) < 4.78 is 5.38. The van der Waals surface area contributed by atoms with Crippen LogP contribution in [0.4, 0.5) is 4.79 Å². The van der Waals surface area contributed by atoms with Gasteiger partial charge in [0, 0.05) is 7.05 Å². The van der Waals surface area contributed by atoms with Gasteiger partial charge in [-0.25, -0.2) is 4.79 Å². The van der Waals surface area contributed by atoms with Gasteiger partial charge in [-0.15, -0.1) is 0 Å². The number of carbonyl (C=O) groups is 1. The minimum atomic E-state index is -0.134. The third-order valence-electron chi connectivity index (χ3n) is 4.40. The standard InChI is InChI=1S/C11H20BNO2/c1-11(12-2)6-4-8-9(5-7-11)15-10(14)13(8)3/h8-9,12H,4-7H2,1-3H3. The molecule has 3 atom stereocenters. The lowest BCUT2D eigenvalue weighted by atomic mass is 9.52. The Labute approximate surface area is 92.4 Å². The molecule has 1 amide bonds. The Morgan fingerprint density at radius 2 is 2.13 bits per heavy atom. The first-order chi connectivity index (χ1) is 7.06. The van der Waals surface area contributed by atoms with Crippen molar-refractivity contribution in [1.82, 2.24) is 4.90 Å². The van der Waals surface area contributed by atoms with Crippen LogP contribution in [0.5, 0.6) is 0 Å². The van der Waals surface area contributed by atoms with E-state index in [1.807, 2.05) is 7.05 Å². The van der Waals surface area contributed by atoms with Crippen molar-refractivity contribution in [3.8, 4) is 0 Å². The molecule has 1 aliphatic carbocycles. The van der Waals surface area contributed by atoms with Crippen molar-refractivity contribution < 1.29 is 9.53 Å². The summed E-state index contributed by atoms with van der Waals surface area (Å²) in [4.78, 5) is 13.2. The normalized spacial score (nSPS) is 40.7. The van der Waals surface area contributed by atoms with Gasteiger partial charge in [-0.3, -0.25) is 0 Å². The number of nitrogens with zero attached hydrogens (tertiary/aromatic N) is 1. The van der Waals surface area contributed by atoms with E-state index in [9.17, 15) is 4.79 Å². The average molecular weight is 209 g/mol. The van der Waals surface area contributed by atoms with Crippen LogP contribution in [-0.4, -0.2) is 37.5 Å². The molecule has 15 heavy (non-hydrogen) atoms. The molecule has 1 saturated carbocycles. The summed E-state index contributed by atoms with van der Waals surface area (Å²) in [5.74, 6) is 0. The van der Waals surface area contributed by atoms with Gasteiger partial charge in [0.25, 0.3) is 0 Å². The lowest BCUT2D eigenvalue weighted by molar-refractivity contribution is 0.125. The highest BCUT2D eigenvalue weighted by atomic mass is 16.6. The minimum absolute atomic E-state index is 0.134. The molecule has 3 nitrogen and oxygen atoms in total. The summed E-state index contributed by atoms with van der Waals surface area (Å²) in [6, 6.07) is 0.325. The number of ether oxygens (including phenoxy) is 1. The van der Waals surface area contributed by atoms with E-state index in [-0.39, 0.29) is 12.2 Å². The molecule has 1 heterocycles. The van der Waals surface area contributed by atoms with Crippen LogP contribution in [0.1, 0.15) is 32.6 Å². The van der Waals surface area contributed by atoms with E-state index in [1.165, 1.54) is 20.1 Å². The minimum Gasteiger partial charge on any atom is -0.444 e. The Bertz CT molecular complexity index is 271. The van der Waals surface area contributed by atoms with Gasteiger partial charge in [-0.2, -0.15) is 0 Å². The summed E-state index contributed by atoms with van der Waals surface area (Å²) in [6.45, 7) is 4.62. The third kappa shape index (κ3) is 1.86. The summed E-state index contributed by atoms with van der Waals surface area (Å²) in [5, 5.41) is 0.456. The number of amides is 1. The van der Waals surface area contributed by atoms with Crippen molar-refractivity contribution in [3.63, 3.8) is 0 Å². The predicted octanol–water partition coefficient (Wildman–Crippen LogP) is 2.04. The first-order valence-electron chi connectivity index (χ1n) is 5.99. The highest BCUT2D eigenvalue weighted by molar-refractivity contribution is 6.38. The number of likely N-dealkylation sites (N-methyl/N-ethyl adjacent to an activating group) is 1. The highest BCUT2D eigenvalue weighted by Gasteiger charge is 2.43. The Morgan fingerprint density at radius 1 is 1.47 bits per heavy atom. The van der Waals surface area contributed by atoms with Crippen LogP contribution in [0, 0.1) is 0 Å². The number of hydrogen-bond donors (Lipinski definition) is 0. The second kappa shape index (κ2) is 3.73. The second-order valence-electron chi connectivity index (χ2n) is 5.34. The van der Waals surface area contributed by atoms with Gasteiger partial charge < -0.3 is 9.64 Å². The molecule has 3 unspecified atom stereocenters. The van der Waals surface area contributed by atoms with E-state index < -0.39 is 0 Å². The van der Waals surface area contributed by atoms with Crippen molar-refractivity contribution in [1.29, 1.82) is 0 Å². The molecule has 0 radical (unpaired) electrons. The van der Waals surface area contributed by atoms with Gasteiger partial charge in [-0.1, -0.05) is 31.9 Å². The number of hydrogen-bond acceptors (Lipinski definition) is 2. The molecule has 1 saturated heterocycles. The molecule has 2 rings (SSSR count). The molecule has 0 N–H and O–H groups in total. The number of rotatable bonds is 1. The molecule has 0 spiro atoms. The fourth-order valence-electron chi connectivity index (χ4n) is 2.77. The van der Waals surface area contributed by atoms with Crippen LogP contribution in [-0.2, 0) is 4.74 Å². The van der Waals surface area contributed by atoms with Crippen LogP contribution < -0.4 is 0 Å². The van der Waals surface area contributed by atoms with E-state index in [4.69, 9.17) is 4.74 Å². The topological polar surface area (TPSA) is 29.5 Å². The third-order valence-corrected chi connectivity index (χ3v) is 4.40. The molecule has 0 bridgehead atoms. The molecule has 1 aliphatic heterocycles. The molecular weight excluding hydrogens is 189 g/mol. The van der Waals surface area contributed by atoms with Gasteiger partial charge in [0.1, 0.15) is 13.4 Å². The molecule has 4 heteroatoms. The molecule has 2 aliphatic rings. The van der Waals surface area contributed by atoms with Gasteiger partial charge >= 0.3 is 6.09 Å². The highest BCUT2D eigenvalue weighted by Crippen LogP contribution is 2.43. The monoisotopic (exact) mass is 209 g/mol. The molecule has 0 aromatic rings. The SMILES string of the molecule is CBC1(C)CCC2OC(=O)N(C)C2CC1. The van der Waals surface area contributed by atoms with Crippen LogP contribution in [0.3, 0.4) is 0 Å².